The summed E-state index contributed by atoms with van der Waals surface area (Å²) >= 11 is 0. The van der Waals surface area contributed by atoms with Crippen LogP contribution in [0, 0.1) is 0 Å². The Labute approximate surface area is 106 Å². The molecule has 1 aliphatic heterocycles. The minimum Gasteiger partial charge on any atom is -0.472 e. The molecule has 1 saturated heterocycles. The van der Waals surface area contributed by atoms with Crippen LogP contribution in [0.25, 0.3) is 0 Å². The largest absolute Gasteiger partial charge is 0.472 e. The number of esters is 1. The van der Waals surface area contributed by atoms with Crippen molar-refractivity contribution in [3.8, 4) is 0 Å². The number of carbonyl (C=O) groups excluding carboxylic acids is 2. The summed E-state index contributed by atoms with van der Waals surface area (Å²) in [7, 11) is 0. The van der Waals surface area contributed by atoms with E-state index in [2.05, 4.69) is 0 Å². The summed E-state index contributed by atoms with van der Waals surface area (Å²) in [6, 6.07) is 1.60. The normalized spacial score (nSPS) is 23.1. The Balaban J connectivity index is 2.22. The zero-order valence-corrected chi connectivity index (χ0v) is 10.6. The van der Waals surface area contributed by atoms with Crippen molar-refractivity contribution in [3.63, 3.8) is 0 Å². The fourth-order valence-corrected chi connectivity index (χ4v) is 2.33. The Kier molecular flexibility index (Phi) is 3.41. The first-order chi connectivity index (χ1) is 8.59. The second-order valence-corrected chi connectivity index (χ2v) is 4.57. The molecule has 2 heterocycles. The monoisotopic (exact) mass is 251 g/mol. The van der Waals surface area contributed by atoms with Gasteiger partial charge in [-0.2, -0.15) is 0 Å². The second kappa shape index (κ2) is 4.84. The molecule has 0 spiro atoms. The molecule has 18 heavy (non-hydrogen) atoms. The third-order valence-electron chi connectivity index (χ3n) is 3.37. The van der Waals surface area contributed by atoms with Crippen LogP contribution >= 0.6 is 0 Å². The van der Waals surface area contributed by atoms with E-state index in [1.54, 1.807) is 24.8 Å². The highest BCUT2D eigenvalue weighted by atomic mass is 16.5. The average molecular weight is 251 g/mol. The molecule has 0 aliphatic carbocycles. The molecule has 1 amide bonds. The summed E-state index contributed by atoms with van der Waals surface area (Å²) in [5, 5.41) is 0. The Morgan fingerprint density at radius 2 is 2.33 bits per heavy atom. The summed E-state index contributed by atoms with van der Waals surface area (Å²) in [5.41, 5.74) is -0.392. The van der Waals surface area contributed by atoms with Gasteiger partial charge in [0.25, 0.3) is 5.91 Å². The Morgan fingerprint density at radius 3 is 2.94 bits per heavy atom. The molecular formula is C13H17NO4. The van der Waals surface area contributed by atoms with Crippen LogP contribution in [0.4, 0.5) is 0 Å². The van der Waals surface area contributed by atoms with Gasteiger partial charge in [0.05, 0.1) is 18.4 Å². The van der Waals surface area contributed by atoms with E-state index in [0.717, 1.165) is 6.42 Å². The van der Waals surface area contributed by atoms with Crippen LogP contribution in [0.3, 0.4) is 0 Å². The van der Waals surface area contributed by atoms with Crippen molar-refractivity contribution in [1.29, 1.82) is 0 Å². The lowest BCUT2D eigenvalue weighted by Gasteiger charge is -2.32. The van der Waals surface area contributed by atoms with Gasteiger partial charge in [-0.25, -0.2) is 4.79 Å². The maximum Gasteiger partial charge on any atom is 0.331 e. The van der Waals surface area contributed by atoms with Crippen molar-refractivity contribution in [1.82, 2.24) is 4.90 Å². The van der Waals surface area contributed by atoms with Crippen molar-refractivity contribution >= 4 is 11.9 Å². The fraction of sp³-hybridized carbons (Fsp3) is 0.538. The first kappa shape index (κ1) is 12.7. The third kappa shape index (κ3) is 2.00. The van der Waals surface area contributed by atoms with E-state index in [1.807, 2.05) is 0 Å². The van der Waals surface area contributed by atoms with Crippen molar-refractivity contribution in [2.75, 3.05) is 13.2 Å². The molecule has 5 nitrogen and oxygen atoms in total. The summed E-state index contributed by atoms with van der Waals surface area (Å²) < 4.78 is 9.98. The highest BCUT2D eigenvalue weighted by Crippen LogP contribution is 2.31. The minimum absolute atomic E-state index is 0.184. The number of rotatable bonds is 3. The van der Waals surface area contributed by atoms with Crippen molar-refractivity contribution in [3.05, 3.63) is 24.2 Å². The van der Waals surface area contributed by atoms with E-state index in [-0.39, 0.29) is 11.9 Å². The highest BCUT2D eigenvalue weighted by molar-refractivity contribution is 5.98. The molecule has 1 fully saturated rings. The molecule has 0 bridgehead atoms. The molecule has 1 unspecified atom stereocenters. The van der Waals surface area contributed by atoms with Crippen LogP contribution in [-0.4, -0.2) is 35.5 Å². The van der Waals surface area contributed by atoms with E-state index in [0.29, 0.717) is 25.1 Å². The van der Waals surface area contributed by atoms with E-state index in [4.69, 9.17) is 9.15 Å². The van der Waals surface area contributed by atoms with Gasteiger partial charge in [0, 0.05) is 6.54 Å². The maximum atomic E-state index is 12.3. The Morgan fingerprint density at radius 1 is 1.56 bits per heavy atom. The molecule has 98 valence electrons. The predicted molar refractivity (Wildman–Crippen MR) is 64.0 cm³/mol. The number of hydrogen-bond donors (Lipinski definition) is 0. The first-order valence-electron chi connectivity index (χ1n) is 6.11. The number of carbonyl (C=O) groups is 2. The van der Waals surface area contributed by atoms with Crippen LogP contribution in [0.2, 0.25) is 0 Å². The van der Waals surface area contributed by atoms with Gasteiger partial charge in [-0.15, -0.1) is 0 Å². The molecule has 2 rings (SSSR count). The summed E-state index contributed by atoms with van der Waals surface area (Å²) in [4.78, 5) is 25.9. The molecule has 1 aliphatic rings. The fourth-order valence-electron chi connectivity index (χ4n) is 2.33. The molecule has 0 radical (unpaired) electrons. The maximum absolute atomic E-state index is 12.3. The van der Waals surface area contributed by atoms with Gasteiger partial charge >= 0.3 is 5.97 Å². The van der Waals surface area contributed by atoms with Crippen LogP contribution in [0.5, 0.6) is 0 Å². The van der Waals surface area contributed by atoms with Gasteiger partial charge in [-0.3, -0.25) is 4.79 Å². The van der Waals surface area contributed by atoms with Crippen molar-refractivity contribution < 1.29 is 18.7 Å². The van der Waals surface area contributed by atoms with Crippen molar-refractivity contribution in [2.45, 2.75) is 32.2 Å². The van der Waals surface area contributed by atoms with E-state index >= 15 is 0 Å². The van der Waals surface area contributed by atoms with Crippen LogP contribution < -0.4 is 0 Å². The number of furan rings is 1. The molecular weight excluding hydrogens is 234 g/mol. The molecule has 5 heteroatoms. The molecule has 0 aromatic carbocycles. The minimum atomic E-state index is -0.857. The Bertz CT molecular complexity index is 440. The summed E-state index contributed by atoms with van der Waals surface area (Å²) in [6.45, 7) is 4.41. The van der Waals surface area contributed by atoms with E-state index in [1.165, 1.54) is 12.5 Å². The molecule has 1 aromatic heterocycles. The Hall–Kier alpha value is -1.78. The zero-order valence-electron chi connectivity index (χ0n) is 10.6. The molecule has 1 aromatic rings. The van der Waals surface area contributed by atoms with Crippen LogP contribution in [0.15, 0.2) is 23.0 Å². The topological polar surface area (TPSA) is 59.8 Å². The molecule has 0 N–H and O–H groups in total. The van der Waals surface area contributed by atoms with Gasteiger partial charge in [0.15, 0.2) is 0 Å². The third-order valence-corrected chi connectivity index (χ3v) is 3.37. The van der Waals surface area contributed by atoms with Gasteiger partial charge < -0.3 is 14.1 Å². The van der Waals surface area contributed by atoms with Gasteiger partial charge in [0.2, 0.25) is 0 Å². The van der Waals surface area contributed by atoms with E-state index in [9.17, 15) is 9.59 Å². The SMILES string of the molecule is CCOC(=O)C1(C)CCCN1C(=O)c1ccoc1. The van der Waals surface area contributed by atoms with Crippen molar-refractivity contribution in [2.24, 2.45) is 0 Å². The predicted octanol–water partition coefficient (Wildman–Crippen LogP) is 1.84. The summed E-state index contributed by atoms with van der Waals surface area (Å²) in [6.07, 6.45) is 4.28. The first-order valence-corrected chi connectivity index (χ1v) is 6.11. The highest BCUT2D eigenvalue weighted by Gasteiger charge is 2.47. The lowest BCUT2D eigenvalue weighted by atomic mass is 9.98. The number of nitrogens with zero attached hydrogens (tertiary/aromatic N) is 1. The number of likely N-dealkylation sites (tertiary alicyclic amines) is 1. The van der Waals surface area contributed by atoms with Crippen LogP contribution in [-0.2, 0) is 9.53 Å². The number of amides is 1. The average Bonchev–Trinajstić information content (AvgIpc) is 2.98. The molecule has 0 saturated carbocycles. The second-order valence-electron chi connectivity index (χ2n) is 4.57. The zero-order chi connectivity index (χ0) is 13.2. The van der Waals surface area contributed by atoms with Gasteiger partial charge in [-0.1, -0.05) is 0 Å². The lowest BCUT2D eigenvalue weighted by Crippen LogP contribution is -2.51. The van der Waals surface area contributed by atoms with E-state index < -0.39 is 5.54 Å². The van der Waals surface area contributed by atoms with Gasteiger partial charge in [-0.05, 0) is 32.8 Å². The number of hydrogen-bond acceptors (Lipinski definition) is 4. The van der Waals surface area contributed by atoms with Gasteiger partial charge in [0.1, 0.15) is 11.8 Å². The molecule has 1 atom stereocenters. The van der Waals surface area contributed by atoms with Crippen LogP contribution in [0.1, 0.15) is 37.0 Å². The quantitative estimate of drug-likeness (QED) is 0.769. The standard InChI is InChI=1S/C13H17NO4/c1-3-18-12(16)13(2)6-4-7-14(13)11(15)10-5-8-17-9-10/h5,8-9H,3-4,6-7H2,1-2H3. The lowest BCUT2D eigenvalue weighted by molar-refractivity contribution is -0.153. The smallest absolute Gasteiger partial charge is 0.331 e. The summed E-state index contributed by atoms with van der Waals surface area (Å²) in [5.74, 6) is -0.517. The number of ether oxygens (including phenoxy) is 1.